The predicted molar refractivity (Wildman–Crippen MR) is 70.9 cm³/mol. The molecule has 17 heavy (non-hydrogen) atoms. The molecule has 0 aliphatic heterocycles. The van der Waals surface area contributed by atoms with Gasteiger partial charge in [0.2, 0.25) is 0 Å². The number of hydrogen-bond acceptors (Lipinski definition) is 3. The molecule has 0 unspecified atom stereocenters. The van der Waals surface area contributed by atoms with Crippen LogP contribution >= 0.6 is 11.8 Å². The van der Waals surface area contributed by atoms with Gasteiger partial charge in [-0.3, -0.25) is 4.79 Å². The van der Waals surface area contributed by atoms with Gasteiger partial charge in [0.15, 0.2) is 5.78 Å². The second-order valence-corrected chi connectivity index (χ2v) is 4.80. The lowest BCUT2D eigenvalue weighted by Crippen LogP contribution is -2.10. The standard InChI is InChI=1S/C13H14N2OS/c1-2-17-10-13(16)12-8-9-14-15(12)11-6-4-3-5-7-11/h3-9H,2,10H2,1H3. The van der Waals surface area contributed by atoms with Crippen molar-refractivity contribution in [3.63, 3.8) is 0 Å². The van der Waals surface area contributed by atoms with Crippen molar-refractivity contribution in [1.82, 2.24) is 9.78 Å². The van der Waals surface area contributed by atoms with Crippen LogP contribution in [0.15, 0.2) is 42.6 Å². The van der Waals surface area contributed by atoms with Gasteiger partial charge < -0.3 is 0 Å². The van der Waals surface area contributed by atoms with Crippen molar-refractivity contribution < 1.29 is 4.79 Å². The van der Waals surface area contributed by atoms with Gasteiger partial charge in [0.25, 0.3) is 0 Å². The van der Waals surface area contributed by atoms with Crippen molar-refractivity contribution in [3.05, 3.63) is 48.3 Å². The van der Waals surface area contributed by atoms with E-state index in [2.05, 4.69) is 5.10 Å². The zero-order chi connectivity index (χ0) is 12.1. The second kappa shape index (κ2) is 5.68. The van der Waals surface area contributed by atoms with Crippen LogP contribution < -0.4 is 0 Å². The van der Waals surface area contributed by atoms with Gasteiger partial charge in [0, 0.05) is 0 Å². The number of nitrogens with zero attached hydrogens (tertiary/aromatic N) is 2. The Hall–Kier alpha value is -1.55. The fraction of sp³-hybridized carbons (Fsp3) is 0.231. The lowest BCUT2D eigenvalue weighted by molar-refractivity contribution is 0.101. The summed E-state index contributed by atoms with van der Waals surface area (Å²) in [5, 5.41) is 4.20. The molecule has 1 heterocycles. The maximum atomic E-state index is 12.0. The highest BCUT2D eigenvalue weighted by molar-refractivity contribution is 7.99. The molecule has 2 aromatic rings. The summed E-state index contributed by atoms with van der Waals surface area (Å²) in [5.74, 6) is 1.58. The summed E-state index contributed by atoms with van der Waals surface area (Å²) in [6.45, 7) is 2.05. The minimum Gasteiger partial charge on any atom is -0.292 e. The van der Waals surface area contributed by atoms with Crippen molar-refractivity contribution in [3.8, 4) is 5.69 Å². The molecule has 0 bridgehead atoms. The Bertz CT molecular complexity index is 493. The van der Waals surface area contributed by atoms with E-state index in [-0.39, 0.29) is 5.78 Å². The molecule has 0 radical (unpaired) electrons. The number of thioether (sulfide) groups is 1. The molecule has 0 atom stereocenters. The summed E-state index contributed by atoms with van der Waals surface area (Å²) < 4.78 is 1.69. The summed E-state index contributed by atoms with van der Waals surface area (Å²) in [5.41, 5.74) is 1.57. The highest BCUT2D eigenvalue weighted by Crippen LogP contribution is 2.12. The van der Waals surface area contributed by atoms with E-state index >= 15 is 0 Å². The molecule has 88 valence electrons. The summed E-state index contributed by atoms with van der Waals surface area (Å²) in [6, 6.07) is 11.5. The second-order valence-electron chi connectivity index (χ2n) is 3.52. The lowest BCUT2D eigenvalue weighted by atomic mass is 10.3. The van der Waals surface area contributed by atoms with Gasteiger partial charge >= 0.3 is 0 Å². The van der Waals surface area contributed by atoms with Crippen LogP contribution in [0.1, 0.15) is 17.4 Å². The molecule has 0 saturated heterocycles. The Balaban J connectivity index is 2.26. The zero-order valence-corrected chi connectivity index (χ0v) is 10.5. The Kier molecular flexibility index (Phi) is 3.98. The summed E-state index contributed by atoms with van der Waals surface area (Å²) in [7, 11) is 0. The molecule has 0 aliphatic carbocycles. The molecule has 0 saturated carbocycles. The minimum atomic E-state index is 0.123. The summed E-state index contributed by atoms with van der Waals surface area (Å²) in [6.07, 6.45) is 1.66. The molecule has 3 nitrogen and oxygen atoms in total. The third kappa shape index (κ3) is 2.77. The van der Waals surface area contributed by atoms with Gasteiger partial charge in [-0.05, 0) is 24.0 Å². The molecule has 0 fully saturated rings. The number of aromatic nitrogens is 2. The van der Waals surface area contributed by atoms with Crippen molar-refractivity contribution in [2.75, 3.05) is 11.5 Å². The SMILES string of the molecule is CCSCC(=O)c1ccnn1-c1ccccc1. The predicted octanol–water partition coefficient (Wildman–Crippen LogP) is 2.81. The van der Waals surface area contributed by atoms with Crippen LogP contribution in [0.3, 0.4) is 0 Å². The highest BCUT2D eigenvalue weighted by Gasteiger charge is 2.12. The van der Waals surface area contributed by atoms with E-state index < -0.39 is 0 Å². The molecular weight excluding hydrogens is 232 g/mol. The molecule has 0 amide bonds. The maximum Gasteiger partial charge on any atom is 0.191 e. The number of benzene rings is 1. The molecule has 0 aliphatic rings. The fourth-order valence-electron chi connectivity index (χ4n) is 1.56. The average molecular weight is 246 g/mol. The van der Waals surface area contributed by atoms with Crippen molar-refractivity contribution in [1.29, 1.82) is 0 Å². The Labute approximate surface area is 105 Å². The molecule has 1 aromatic carbocycles. The Morgan fingerprint density at radius 2 is 2.06 bits per heavy atom. The largest absolute Gasteiger partial charge is 0.292 e. The average Bonchev–Trinajstić information content (AvgIpc) is 2.86. The number of para-hydroxylation sites is 1. The van der Waals surface area contributed by atoms with E-state index in [1.165, 1.54) is 0 Å². The first kappa shape index (κ1) is 11.9. The van der Waals surface area contributed by atoms with E-state index in [4.69, 9.17) is 0 Å². The maximum absolute atomic E-state index is 12.0. The van der Waals surface area contributed by atoms with Gasteiger partial charge in [0.1, 0.15) is 5.69 Å². The van der Waals surface area contributed by atoms with Crippen molar-refractivity contribution in [2.45, 2.75) is 6.92 Å². The minimum absolute atomic E-state index is 0.123. The normalized spacial score (nSPS) is 10.4. The van der Waals surface area contributed by atoms with Crippen LogP contribution in [-0.2, 0) is 0 Å². The van der Waals surface area contributed by atoms with Crippen molar-refractivity contribution in [2.24, 2.45) is 0 Å². The topological polar surface area (TPSA) is 34.9 Å². The number of Topliss-reactive ketones (excluding diaryl/α,β-unsaturated/α-hetero) is 1. The quantitative estimate of drug-likeness (QED) is 0.761. The molecule has 0 N–H and O–H groups in total. The van der Waals surface area contributed by atoms with Crippen LogP contribution in [0.2, 0.25) is 0 Å². The third-order valence-corrected chi connectivity index (χ3v) is 3.24. The first-order chi connectivity index (χ1) is 8.33. The van der Waals surface area contributed by atoms with Gasteiger partial charge in [-0.25, -0.2) is 4.68 Å². The van der Waals surface area contributed by atoms with Gasteiger partial charge in [-0.1, -0.05) is 25.1 Å². The van der Waals surface area contributed by atoms with Crippen LogP contribution in [0.5, 0.6) is 0 Å². The fourth-order valence-corrected chi connectivity index (χ4v) is 2.10. The van der Waals surface area contributed by atoms with E-state index in [9.17, 15) is 4.79 Å². The number of carbonyl (C=O) groups excluding carboxylic acids is 1. The lowest BCUT2D eigenvalue weighted by Gasteiger charge is -2.05. The first-order valence-corrected chi connectivity index (χ1v) is 6.68. The molecule has 1 aromatic heterocycles. The van der Waals surface area contributed by atoms with E-state index in [0.29, 0.717) is 11.4 Å². The van der Waals surface area contributed by atoms with E-state index in [1.807, 2.05) is 37.3 Å². The summed E-state index contributed by atoms with van der Waals surface area (Å²) in [4.78, 5) is 12.0. The van der Waals surface area contributed by atoms with Crippen LogP contribution in [-0.4, -0.2) is 27.1 Å². The van der Waals surface area contributed by atoms with Crippen molar-refractivity contribution >= 4 is 17.5 Å². The number of rotatable bonds is 5. The Morgan fingerprint density at radius 3 is 2.76 bits per heavy atom. The van der Waals surface area contributed by atoms with Crippen LogP contribution in [0, 0.1) is 0 Å². The molecular formula is C13H14N2OS. The van der Waals surface area contributed by atoms with Gasteiger partial charge in [-0.15, -0.1) is 0 Å². The summed E-state index contributed by atoms with van der Waals surface area (Å²) >= 11 is 1.63. The number of hydrogen-bond donors (Lipinski definition) is 0. The van der Waals surface area contributed by atoms with Gasteiger partial charge in [-0.2, -0.15) is 16.9 Å². The molecule has 4 heteroatoms. The van der Waals surface area contributed by atoms with Crippen LogP contribution in [0.4, 0.5) is 0 Å². The monoisotopic (exact) mass is 246 g/mol. The number of carbonyl (C=O) groups is 1. The third-order valence-electron chi connectivity index (χ3n) is 2.37. The van der Waals surface area contributed by atoms with E-state index in [1.54, 1.807) is 28.7 Å². The number of ketones is 1. The smallest absolute Gasteiger partial charge is 0.191 e. The molecule has 0 spiro atoms. The highest BCUT2D eigenvalue weighted by atomic mass is 32.2. The first-order valence-electron chi connectivity index (χ1n) is 5.53. The van der Waals surface area contributed by atoms with E-state index in [0.717, 1.165) is 11.4 Å². The zero-order valence-electron chi connectivity index (χ0n) is 9.67. The molecule has 2 rings (SSSR count). The Morgan fingerprint density at radius 1 is 1.29 bits per heavy atom. The van der Waals surface area contributed by atoms with Gasteiger partial charge in [0.05, 0.1) is 17.6 Å². The van der Waals surface area contributed by atoms with Crippen LogP contribution in [0.25, 0.3) is 5.69 Å².